The van der Waals surface area contributed by atoms with Crippen molar-refractivity contribution < 1.29 is 9.53 Å². The van der Waals surface area contributed by atoms with Gasteiger partial charge in [0, 0.05) is 57.9 Å². The number of carbonyl (C=O) groups is 1. The Morgan fingerprint density at radius 2 is 1.96 bits per heavy atom. The molecule has 2 aromatic heterocycles. The van der Waals surface area contributed by atoms with Crippen molar-refractivity contribution in [3.05, 3.63) is 36.4 Å². The molecule has 4 rings (SSSR count). The molecule has 1 N–H and O–H groups in total. The lowest BCUT2D eigenvalue weighted by Gasteiger charge is -2.34. The summed E-state index contributed by atoms with van der Waals surface area (Å²) in [5.41, 5.74) is 0.407. The van der Waals surface area contributed by atoms with Crippen molar-refractivity contribution in [1.82, 2.24) is 24.8 Å². The molecule has 0 spiro atoms. The van der Waals surface area contributed by atoms with Crippen LogP contribution in [0.25, 0.3) is 0 Å². The number of hydrogen-bond acceptors (Lipinski definition) is 8. The maximum Gasteiger partial charge on any atom is 0.272 e. The summed E-state index contributed by atoms with van der Waals surface area (Å²) in [5.74, 6) is 1.09. The third kappa shape index (κ3) is 4.30. The summed E-state index contributed by atoms with van der Waals surface area (Å²) in [4.78, 5) is 33.8. The standard InChI is InChI=1S/C18H23N7O2/c26-16(24-8-10-25(11-9-24)18-20-5-2-6-21-18)15-4-7-19-17(23-15)22-13-14-3-1-12-27-14/h2,4-7,14H,1,3,8-13H2,(H,19,22,23). The first-order chi connectivity index (χ1) is 13.3. The van der Waals surface area contributed by atoms with Crippen LogP contribution in [0.5, 0.6) is 0 Å². The second-order valence-electron chi connectivity index (χ2n) is 6.61. The maximum atomic E-state index is 12.8. The minimum Gasteiger partial charge on any atom is -0.376 e. The molecule has 2 aliphatic rings. The number of aromatic nitrogens is 4. The number of ether oxygens (including phenoxy) is 1. The first-order valence-electron chi connectivity index (χ1n) is 9.29. The topological polar surface area (TPSA) is 96.4 Å². The van der Waals surface area contributed by atoms with Crippen LogP contribution < -0.4 is 10.2 Å². The van der Waals surface area contributed by atoms with Crippen molar-refractivity contribution in [2.24, 2.45) is 0 Å². The van der Waals surface area contributed by atoms with Gasteiger partial charge in [0.05, 0.1) is 6.10 Å². The molecule has 1 atom stereocenters. The fourth-order valence-electron chi connectivity index (χ4n) is 3.30. The molecule has 0 bridgehead atoms. The molecule has 2 aliphatic heterocycles. The number of carbonyl (C=O) groups excluding carboxylic acids is 1. The fraction of sp³-hybridized carbons (Fsp3) is 0.500. The monoisotopic (exact) mass is 369 g/mol. The van der Waals surface area contributed by atoms with Crippen molar-refractivity contribution in [3.63, 3.8) is 0 Å². The van der Waals surface area contributed by atoms with Gasteiger partial charge in [0.25, 0.3) is 5.91 Å². The SMILES string of the molecule is O=C(c1ccnc(NCC2CCCO2)n1)N1CCN(c2ncccn2)CC1. The van der Waals surface area contributed by atoms with E-state index in [0.717, 1.165) is 19.4 Å². The van der Waals surface area contributed by atoms with E-state index in [9.17, 15) is 4.79 Å². The van der Waals surface area contributed by atoms with Gasteiger partial charge in [0.15, 0.2) is 0 Å². The molecular weight excluding hydrogens is 346 g/mol. The summed E-state index contributed by atoms with van der Waals surface area (Å²) in [6.07, 6.45) is 7.40. The summed E-state index contributed by atoms with van der Waals surface area (Å²) >= 11 is 0. The number of amides is 1. The average Bonchev–Trinajstić information content (AvgIpc) is 3.26. The smallest absolute Gasteiger partial charge is 0.272 e. The summed E-state index contributed by atoms with van der Waals surface area (Å²) in [5, 5.41) is 3.17. The van der Waals surface area contributed by atoms with E-state index >= 15 is 0 Å². The quantitative estimate of drug-likeness (QED) is 0.827. The second kappa shape index (κ2) is 8.26. The van der Waals surface area contributed by atoms with Gasteiger partial charge < -0.3 is 19.9 Å². The Kier molecular flexibility index (Phi) is 5.38. The first-order valence-corrected chi connectivity index (χ1v) is 9.29. The highest BCUT2D eigenvalue weighted by Crippen LogP contribution is 2.14. The minimum absolute atomic E-state index is 0.0776. The van der Waals surface area contributed by atoms with E-state index in [-0.39, 0.29) is 12.0 Å². The van der Waals surface area contributed by atoms with E-state index in [2.05, 4.69) is 30.2 Å². The van der Waals surface area contributed by atoms with Crippen molar-refractivity contribution >= 4 is 17.8 Å². The van der Waals surface area contributed by atoms with E-state index in [1.165, 1.54) is 0 Å². The van der Waals surface area contributed by atoms with Crippen molar-refractivity contribution in [3.8, 4) is 0 Å². The highest BCUT2D eigenvalue weighted by Gasteiger charge is 2.24. The zero-order valence-corrected chi connectivity index (χ0v) is 15.1. The van der Waals surface area contributed by atoms with Gasteiger partial charge in [0.1, 0.15) is 5.69 Å². The molecule has 4 heterocycles. The maximum absolute atomic E-state index is 12.8. The normalized spacial score (nSPS) is 19.9. The molecule has 0 aromatic carbocycles. The lowest BCUT2D eigenvalue weighted by molar-refractivity contribution is 0.0740. The van der Waals surface area contributed by atoms with Gasteiger partial charge >= 0.3 is 0 Å². The van der Waals surface area contributed by atoms with Gasteiger partial charge in [-0.05, 0) is 25.0 Å². The van der Waals surface area contributed by atoms with Crippen molar-refractivity contribution in [2.75, 3.05) is 49.5 Å². The molecule has 2 saturated heterocycles. The predicted molar refractivity (Wildman–Crippen MR) is 99.6 cm³/mol. The fourth-order valence-corrected chi connectivity index (χ4v) is 3.30. The molecule has 2 fully saturated rings. The van der Waals surface area contributed by atoms with Crippen LogP contribution in [-0.4, -0.2) is 76.2 Å². The van der Waals surface area contributed by atoms with E-state index in [1.807, 2.05) is 4.90 Å². The Bertz CT molecular complexity index is 759. The number of nitrogens with zero attached hydrogens (tertiary/aromatic N) is 6. The highest BCUT2D eigenvalue weighted by molar-refractivity contribution is 5.92. The predicted octanol–water partition coefficient (Wildman–Crippen LogP) is 0.820. The van der Waals surface area contributed by atoms with Gasteiger partial charge in [-0.15, -0.1) is 0 Å². The van der Waals surface area contributed by atoms with Crippen LogP contribution >= 0.6 is 0 Å². The lowest BCUT2D eigenvalue weighted by Crippen LogP contribution is -2.49. The van der Waals surface area contributed by atoms with E-state index < -0.39 is 0 Å². The van der Waals surface area contributed by atoms with Crippen molar-refractivity contribution in [2.45, 2.75) is 18.9 Å². The molecular formula is C18H23N7O2. The number of rotatable bonds is 5. The largest absolute Gasteiger partial charge is 0.376 e. The Balaban J connectivity index is 1.33. The number of piperazine rings is 1. The Morgan fingerprint density at radius 1 is 1.15 bits per heavy atom. The summed E-state index contributed by atoms with van der Waals surface area (Å²) in [6, 6.07) is 3.45. The summed E-state index contributed by atoms with van der Waals surface area (Å²) < 4.78 is 5.59. The molecule has 0 saturated carbocycles. The third-order valence-electron chi connectivity index (χ3n) is 4.79. The Morgan fingerprint density at radius 3 is 2.70 bits per heavy atom. The highest BCUT2D eigenvalue weighted by atomic mass is 16.5. The van der Waals surface area contributed by atoms with E-state index in [1.54, 1.807) is 30.7 Å². The van der Waals surface area contributed by atoms with Crippen molar-refractivity contribution in [1.29, 1.82) is 0 Å². The van der Waals surface area contributed by atoms with Crippen LogP contribution in [-0.2, 0) is 4.74 Å². The summed E-state index contributed by atoms with van der Waals surface area (Å²) in [7, 11) is 0. The molecule has 27 heavy (non-hydrogen) atoms. The van der Waals surface area contributed by atoms with Crippen LogP contribution in [0.15, 0.2) is 30.7 Å². The average molecular weight is 369 g/mol. The van der Waals surface area contributed by atoms with Gasteiger partial charge in [-0.25, -0.2) is 19.9 Å². The molecule has 1 amide bonds. The van der Waals surface area contributed by atoms with Gasteiger partial charge in [-0.3, -0.25) is 4.79 Å². The molecule has 0 radical (unpaired) electrons. The van der Waals surface area contributed by atoms with Gasteiger partial charge in [0.2, 0.25) is 11.9 Å². The van der Waals surface area contributed by atoms with E-state index in [0.29, 0.717) is 50.3 Å². The number of hydrogen-bond donors (Lipinski definition) is 1. The number of nitrogens with one attached hydrogen (secondary N) is 1. The minimum atomic E-state index is -0.0776. The van der Waals surface area contributed by atoms with Crippen LogP contribution in [0.4, 0.5) is 11.9 Å². The van der Waals surface area contributed by atoms with Crippen LogP contribution in [0.1, 0.15) is 23.3 Å². The zero-order valence-electron chi connectivity index (χ0n) is 15.1. The molecule has 9 nitrogen and oxygen atoms in total. The third-order valence-corrected chi connectivity index (χ3v) is 4.79. The van der Waals surface area contributed by atoms with Crippen LogP contribution in [0.2, 0.25) is 0 Å². The van der Waals surface area contributed by atoms with Gasteiger partial charge in [-0.1, -0.05) is 0 Å². The molecule has 142 valence electrons. The second-order valence-corrected chi connectivity index (χ2v) is 6.61. The summed E-state index contributed by atoms with van der Waals surface area (Å²) in [6.45, 7) is 4.09. The molecule has 2 aromatic rings. The Hall–Kier alpha value is -2.81. The van der Waals surface area contributed by atoms with Gasteiger partial charge in [-0.2, -0.15) is 0 Å². The Labute approximate surface area is 157 Å². The molecule has 1 unspecified atom stereocenters. The van der Waals surface area contributed by atoms with Crippen LogP contribution in [0.3, 0.4) is 0 Å². The first kappa shape index (κ1) is 17.6. The molecule has 0 aliphatic carbocycles. The van der Waals surface area contributed by atoms with Crippen LogP contribution in [0, 0.1) is 0 Å². The van der Waals surface area contributed by atoms with E-state index in [4.69, 9.17) is 4.74 Å². The number of anilines is 2. The molecule has 9 heteroatoms. The lowest BCUT2D eigenvalue weighted by atomic mass is 10.2. The zero-order chi connectivity index (χ0) is 18.5.